The number of nitrogens with one attached hydrogen (secondary N) is 1. The molecule has 0 aromatic carbocycles. The molecule has 0 unspecified atom stereocenters. The molecule has 0 aromatic rings. The third kappa shape index (κ3) is 7.12. The molecule has 6 nitrogen and oxygen atoms in total. The van der Waals surface area contributed by atoms with Gasteiger partial charge in [-0.15, -0.1) is 0 Å². The molecule has 0 amide bonds. The lowest BCUT2D eigenvalue weighted by molar-refractivity contribution is -0.136. The van der Waals surface area contributed by atoms with Crippen molar-refractivity contribution in [2.75, 3.05) is 14.2 Å². The number of rotatable bonds is 2. The average molecular weight is 293 g/mol. The first-order valence-electron chi connectivity index (χ1n) is 4.35. The van der Waals surface area contributed by atoms with E-state index in [1.165, 1.54) is 7.11 Å². The molecule has 0 saturated carbocycles. The van der Waals surface area contributed by atoms with Gasteiger partial charge in [-0.3, -0.25) is 4.55 Å². The number of hydrogen-bond acceptors (Lipinski definition) is 5. The molecule has 0 atom stereocenters. The number of carbonyl (C=O) groups excluding carboxylic acids is 1. The number of hydrogen-bond donors (Lipinski definition) is 2. The lowest BCUT2D eigenvalue weighted by atomic mass is 10.2. The summed E-state index contributed by atoms with van der Waals surface area (Å²) in [5.41, 5.74) is -4.08. The van der Waals surface area contributed by atoms with Crippen LogP contribution < -0.4 is 5.32 Å². The van der Waals surface area contributed by atoms with Gasteiger partial charge < -0.3 is 10.1 Å². The molecule has 0 heterocycles. The Kier molecular flexibility index (Phi) is 7.64. The van der Waals surface area contributed by atoms with Crippen molar-refractivity contribution in [3.05, 3.63) is 11.3 Å². The Labute approximate surface area is 103 Å². The van der Waals surface area contributed by atoms with Gasteiger partial charge in [0, 0.05) is 7.05 Å². The molecule has 108 valence electrons. The van der Waals surface area contributed by atoms with E-state index in [-0.39, 0.29) is 5.97 Å². The zero-order chi connectivity index (χ0) is 15.1. The second-order valence-electron chi connectivity index (χ2n) is 3.04. The quantitative estimate of drug-likeness (QED) is 0.342. The smallest absolute Gasteiger partial charge is 0.464 e. The number of ether oxygens (including phenoxy) is 1. The first-order chi connectivity index (χ1) is 7.88. The van der Waals surface area contributed by atoms with Gasteiger partial charge in [0.25, 0.3) is 0 Å². The highest BCUT2D eigenvalue weighted by molar-refractivity contribution is 7.86. The van der Waals surface area contributed by atoms with Gasteiger partial charge in [0.2, 0.25) is 0 Å². The second-order valence-corrected chi connectivity index (χ2v) is 4.45. The minimum atomic E-state index is -5.84. The van der Waals surface area contributed by atoms with Crippen LogP contribution in [0.4, 0.5) is 13.2 Å². The maximum atomic E-state index is 10.8. The third-order valence-electron chi connectivity index (χ3n) is 1.43. The van der Waals surface area contributed by atoms with Gasteiger partial charge in [0.15, 0.2) is 0 Å². The highest BCUT2D eigenvalue weighted by Gasteiger charge is 2.44. The maximum Gasteiger partial charge on any atom is 0.522 e. The number of alkyl halides is 3. The summed E-state index contributed by atoms with van der Waals surface area (Å²) in [6.07, 6.45) is 0. The molecule has 0 aliphatic carbocycles. The number of halogens is 3. The minimum Gasteiger partial charge on any atom is -0.464 e. The van der Waals surface area contributed by atoms with E-state index in [1.54, 1.807) is 7.05 Å². The van der Waals surface area contributed by atoms with Crippen LogP contribution in [0, 0.1) is 0 Å². The number of carbonyl (C=O) groups is 1. The van der Waals surface area contributed by atoms with Crippen LogP contribution in [-0.2, 0) is 19.6 Å². The van der Waals surface area contributed by atoms with Crippen molar-refractivity contribution in [1.29, 1.82) is 0 Å². The molecule has 0 aromatic heterocycles. The molecule has 10 heteroatoms. The maximum absolute atomic E-state index is 10.8. The van der Waals surface area contributed by atoms with Crippen LogP contribution in [0.1, 0.15) is 13.8 Å². The third-order valence-corrected chi connectivity index (χ3v) is 2.02. The molecule has 2 N–H and O–H groups in total. The highest BCUT2D eigenvalue weighted by atomic mass is 32.2. The molecule has 0 aliphatic rings. The van der Waals surface area contributed by atoms with E-state index in [0.29, 0.717) is 5.70 Å². The van der Waals surface area contributed by atoms with Crippen molar-refractivity contribution in [2.45, 2.75) is 19.4 Å². The molecule has 0 radical (unpaired) electrons. The SMILES string of the molecule is CNC(C(=O)OC)=C(C)C.O=S(=O)(O)C(F)(F)F. The summed E-state index contributed by atoms with van der Waals surface area (Å²) >= 11 is 0. The van der Waals surface area contributed by atoms with Crippen LogP contribution in [0.2, 0.25) is 0 Å². The van der Waals surface area contributed by atoms with Crippen LogP contribution in [0.15, 0.2) is 11.3 Å². The molecular formula is C8H14F3NO5S. The van der Waals surface area contributed by atoms with Gasteiger partial charge in [-0.2, -0.15) is 21.6 Å². The standard InChI is InChI=1S/C7H13NO2.CHF3O3S/c1-5(2)6(8-3)7(9)10-4;2-1(3,4)8(5,6)7/h8H,1-4H3;(H,5,6,7). The Morgan fingerprint density at radius 1 is 1.28 bits per heavy atom. The monoisotopic (exact) mass is 293 g/mol. The number of likely N-dealkylation sites (N-methyl/N-ethyl adjacent to an activating group) is 1. The van der Waals surface area contributed by atoms with Crippen LogP contribution >= 0.6 is 0 Å². The minimum absolute atomic E-state index is 0.317. The van der Waals surface area contributed by atoms with Crippen LogP contribution in [0.3, 0.4) is 0 Å². The summed E-state index contributed by atoms with van der Waals surface area (Å²) < 4.78 is 62.0. The number of methoxy groups -OCH3 is 1. The largest absolute Gasteiger partial charge is 0.522 e. The second kappa shape index (κ2) is 7.21. The van der Waals surface area contributed by atoms with Gasteiger partial charge in [0.05, 0.1) is 7.11 Å². The molecule has 0 spiro atoms. The number of allylic oxidation sites excluding steroid dienone is 1. The first-order valence-corrected chi connectivity index (χ1v) is 5.79. The fraction of sp³-hybridized carbons (Fsp3) is 0.625. The summed E-state index contributed by atoms with van der Waals surface area (Å²) in [4.78, 5) is 10.8. The predicted molar refractivity (Wildman–Crippen MR) is 57.1 cm³/mol. The Morgan fingerprint density at radius 3 is 1.67 bits per heavy atom. The lowest BCUT2D eigenvalue weighted by Crippen LogP contribution is -2.21. The van der Waals surface area contributed by atoms with E-state index >= 15 is 0 Å². The summed E-state index contributed by atoms with van der Waals surface area (Å²) in [6, 6.07) is 0. The zero-order valence-corrected chi connectivity index (χ0v) is 10.9. The average Bonchev–Trinajstić information content (AvgIpc) is 2.15. The normalized spacial score (nSPS) is 10.9. The molecular weight excluding hydrogens is 279 g/mol. The van der Waals surface area contributed by atoms with Gasteiger partial charge >= 0.3 is 21.6 Å². The topological polar surface area (TPSA) is 92.7 Å². The van der Waals surface area contributed by atoms with Gasteiger partial charge in [-0.25, -0.2) is 4.79 Å². The summed E-state index contributed by atoms with van der Waals surface area (Å²) in [7, 11) is -2.78. The molecule has 0 rings (SSSR count). The van der Waals surface area contributed by atoms with Crippen LogP contribution in [0.5, 0.6) is 0 Å². The van der Waals surface area contributed by atoms with Gasteiger partial charge in [0.1, 0.15) is 5.70 Å². The van der Waals surface area contributed by atoms with Crippen molar-refractivity contribution in [3.63, 3.8) is 0 Å². The zero-order valence-electron chi connectivity index (χ0n) is 10.1. The fourth-order valence-corrected chi connectivity index (χ4v) is 0.658. The molecule has 18 heavy (non-hydrogen) atoms. The molecule has 0 saturated heterocycles. The highest BCUT2D eigenvalue weighted by Crippen LogP contribution is 2.20. The van der Waals surface area contributed by atoms with Crippen LogP contribution in [0.25, 0.3) is 0 Å². The van der Waals surface area contributed by atoms with E-state index in [0.717, 1.165) is 5.57 Å². The lowest BCUT2D eigenvalue weighted by Gasteiger charge is -2.05. The van der Waals surface area contributed by atoms with Crippen molar-refractivity contribution in [1.82, 2.24) is 5.32 Å². The van der Waals surface area contributed by atoms with Gasteiger partial charge in [-0.1, -0.05) is 0 Å². The summed E-state index contributed by atoms with van der Waals surface area (Å²) in [6.45, 7) is 3.70. The van der Waals surface area contributed by atoms with Crippen molar-refractivity contribution in [3.8, 4) is 0 Å². The summed E-state index contributed by atoms with van der Waals surface area (Å²) in [5.74, 6) is -0.317. The van der Waals surface area contributed by atoms with E-state index in [4.69, 9.17) is 13.0 Å². The van der Waals surface area contributed by atoms with Crippen molar-refractivity contribution >= 4 is 16.1 Å². The molecule has 0 bridgehead atoms. The Bertz CT molecular complexity index is 409. The Balaban J connectivity index is 0. The van der Waals surface area contributed by atoms with Gasteiger partial charge in [-0.05, 0) is 19.4 Å². The van der Waals surface area contributed by atoms with Crippen molar-refractivity contribution in [2.24, 2.45) is 0 Å². The van der Waals surface area contributed by atoms with E-state index < -0.39 is 15.6 Å². The van der Waals surface area contributed by atoms with E-state index in [1.807, 2.05) is 13.8 Å². The molecule has 0 aliphatic heterocycles. The molecule has 0 fully saturated rings. The van der Waals surface area contributed by atoms with Crippen LogP contribution in [-0.4, -0.2) is 38.6 Å². The number of esters is 1. The van der Waals surface area contributed by atoms with E-state index in [2.05, 4.69) is 10.1 Å². The summed E-state index contributed by atoms with van der Waals surface area (Å²) in [5, 5.41) is 2.76. The Morgan fingerprint density at radius 2 is 1.61 bits per heavy atom. The predicted octanol–water partition coefficient (Wildman–Crippen LogP) is 1.07. The van der Waals surface area contributed by atoms with E-state index in [9.17, 15) is 18.0 Å². The first kappa shape index (κ1) is 19.1. The fourth-order valence-electron chi connectivity index (χ4n) is 0.658. The van der Waals surface area contributed by atoms with Crippen molar-refractivity contribution < 1.29 is 35.7 Å². The Hall–Kier alpha value is -1.29.